The molecule has 5 heteroatoms. The molecule has 0 saturated carbocycles. The van der Waals surface area contributed by atoms with Gasteiger partial charge in [0.05, 0.1) is 6.42 Å². The van der Waals surface area contributed by atoms with Crippen molar-refractivity contribution in [2.24, 2.45) is 0 Å². The zero-order chi connectivity index (χ0) is 19.6. The zero-order valence-corrected chi connectivity index (χ0v) is 16.7. The van der Waals surface area contributed by atoms with Crippen LogP contribution in [0.15, 0.2) is 54.6 Å². The summed E-state index contributed by atoms with van der Waals surface area (Å²) >= 11 is 5.93. The summed E-state index contributed by atoms with van der Waals surface area (Å²) in [5.41, 5.74) is 1.88. The molecule has 0 heterocycles. The minimum atomic E-state index is -0.489. The molecule has 0 aromatic heterocycles. The maximum atomic E-state index is 13.1. The molecule has 2 amide bonds. The Kier molecular flexibility index (Phi) is 8.34. The quantitative estimate of drug-likeness (QED) is 0.701. The lowest BCUT2D eigenvalue weighted by atomic mass is 10.1. The average Bonchev–Trinajstić information content (AvgIpc) is 2.68. The van der Waals surface area contributed by atoms with Gasteiger partial charge in [0.2, 0.25) is 11.8 Å². The van der Waals surface area contributed by atoms with Crippen LogP contribution >= 0.6 is 11.6 Å². The summed E-state index contributed by atoms with van der Waals surface area (Å²) in [6.07, 6.45) is 1.66. The number of hydrogen-bond acceptors (Lipinski definition) is 2. The highest BCUT2D eigenvalue weighted by Crippen LogP contribution is 2.16. The van der Waals surface area contributed by atoms with Crippen LogP contribution in [0.5, 0.6) is 0 Å². The fraction of sp³-hybridized carbons (Fsp3) is 0.364. The van der Waals surface area contributed by atoms with E-state index in [1.54, 1.807) is 17.0 Å². The Morgan fingerprint density at radius 1 is 1.00 bits per heavy atom. The predicted molar refractivity (Wildman–Crippen MR) is 110 cm³/mol. The van der Waals surface area contributed by atoms with Gasteiger partial charge in [-0.15, -0.1) is 0 Å². The van der Waals surface area contributed by atoms with Gasteiger partial charge in [-0.2, -0.15) is 0 Å². The van der Waals surface area contributed by atoms with Crippen LogP contribution in [0.3, 0.4) is 0 Å². The second kappa shape index (κ2) is 10.7. The Labute approximate surface area is 166 Å². The number of halogens is 1. The normalized spacial score (nSPS) is 11.7. The lowest BCUT2D eigenvalue weighted by Crippen LogP contribution is -2.49. The van der Waals surface area contributed by atoms with Crippen molar-refractivity contribution in [1.82, 2.24) is 10.2 Å². The standard InChI is InChI=1S/C22H27ClN2O2/c1-3-14-24-22(27)20(4-2)25(16-18-8-6-5-7-9-18)21(26)15-17-10-12-19(23)13-11-17/h5-13,20H,3-4,14-16H2,1-2H3,(H,24,27)/t20-/m1/s1. The monoisotopic (exact) mass is 386 g/mol. The van der Waals surface area contributed by atoms with Gasteiger partial charge >= 0.3 is 0 Å². The number of nitrogens with zero attached hydrogens (tertiary/aromatic N) is 1. The summed E-state index contributed by atoms with van der Waals surface area (Å²) in [7, 11) is 0. The number of nitrogens with one attached hydrogen (secondary N) is 1. The van der Waals surface area contributed by atoms with Gasteiger partial charge < -0.3 is 10.2 Å². The van der Waals surface area contributed by atoms with Crippen LogP contribution < -0.4 is 5.32 Å². The van der Waals surface area contributed by atoms with Crippen molar-refractivity contribution >= 4 is 23.4 Å². The molecule has 0 unspecified atom stereocenters. The van der Waals surface area contributed by atoms with E-state index in [9.17, 15) is 9.59 Å². The molecule has 2 rings (SSSR count). The SMILES string of the molecule is CCCNC(=O)[C@@H](CC)N(Cc1ccccc1)C(=O)Cc1ccc(Cl)cc1. The van der Waals surface area contributed by atoms with Gasteiger partial charge in [0.25, 0.3) is 0 Å². The van der Waals surface area contributed by atoms with E-state index < -0.39 is 6.04 Å². The molecule has 0 aliphatic rings. The van der Waals surface area contributed by atoms with E-state index in [1.807, 2.05) is 56.3 Å². The molecule has 0 fully saturated rings. The third-order valence-electron chi connectivity index (χ3n) is 4.40. The third kappa shape index (κ3) is 6.40. The minimum absolute atomic E-state index is 0.0697. The van der Waals surface area contributed by atoms with Gasteiger partial charge in [-0.3, -0.25) is 9.59 Å². The zero-order valence-electron chi connectivity index (χ0n) is 16.0. The molecule has 4 nitrogen and oxygen atoms in total. The molecule has 1 N–H and O–H groups in total. The van der Waals surface area contributed by atoms with Crippen LogP contribution in [0.2, 0.25) is 5.02 Å². The average molecular weight is 387 g/mol. The first-order chi connectivity index (χ1) is 13.0. The van der Waals surface area contributed by atoms with E-state index in [1.165, 1.54) is 0 Å². The molecule has 144 valence electrons. The summed E-state index contributed by atoms with van der Waals surface area (Å²) in [5.74, 6) is -0.167. The lowest BCUT2D eigenvalue weighted by Gasteiger charge is -2.30. The second-order valence-corrected chi connectivity index (χ2v) is 6.96. The van der Waals surface area contributed by atoms with Gasteiger partial charge in [0, 0.05) is 18.1 Å². The smallest absolute Gasteiger partial charge is 0.242 e. The van der Waals surface area contributed by atoms with Gasteiger partial charge in [0.15, 0.2) is 0 Å². The van der Waals surface area contributed by atoms with Gasteiger partial charge in [0.1, 0.15) is 6.04 Å². The van der Waals surface area contributed by atoms with Crippen LogP contribution in [0.1, 0.15) is 37.8 Å². The van der Waals surface area contributed by atoms with Gasteiger partial charge in [-0.05, 0) is 36.1 Å². The minimum Gasteiger partial charge on any atom is -0.354 e. The molecular formula is C22H27ClN2O2. The highest BCUT2D eigenvalue weighted by atomic mass is 35.5. The summed E-state index contributed by atoms with van der Waals surface area (Å²) in [6, 6.07) is 16.5. The first-order valence-corrected chi connectivity index (χ1v) is 9.78. The van der Waals surface area contributed by atoms with Crippen LogP contribution in [0, 0.1) is 0 Å². The molecule has 0 aliphatic carbocycles. The highest BCUT2D eigenvalue weighted by molar-refractivity contribution is 6.30. The molecular weight excluding hydrogens is 360 g/mol. The number of carbonyl (C=O) groups is 2. The maximum absolute atomic E-state index is 13.1. The van der Waals surface area contributed by atoms with Gasteiger partial charge in [-0.1, -0.05) is 67.9 Å². The fourth-order valence-electron chi connectivity index (χ4n) is 2.94. The van der Waals surface area contributed by atoms with Crippen LogP contribution in [0.25, 0.3) is 0 Å². The molecule has 0 radical (unpaired) electrons. The Hall–Kier alpha value is -2.33. The van der Waals surface area contributed by atoms with Crippen molar-refractivity contribution in [3.63, 3.8) is 0 Å². The Morgan fingerprint density at radius 3 is 2.26 bits per heavy atom. The van der Waals surface area contributed by atoms with Crippen molar-refractivity contribution in [3.05, 3.63) is 70.7 Å². The third-order valence-corrected chi connectivity index (χ3v) is 4.65. The number of benzene rings is 2. The number of amides is 2. The molecule has 0 aliphatic heterocycles. The molecule has 27 heavy (non-hydrogen) atoms. The fourth-order valence-corrected chi connectivity index (χ4v) is 3.07. The van der Waals surface area contributed by atoms with Gasteiger partial charge in [-0.25, -0.2) is 0 Å². The first kappa shape index (κ1) is 21.0. The van der Waals surface area contributed by atoms with E-state index in [4.69, 9.17) is 11.6 Å². The number of hydrogen-bond donors (Lipinski definition) is 1. The van der Waals surface area contributed by atoms with Crippen molar-refractivity contribution in [2.45, 2.75) is 45.7 Å². The molecule has 1 atom stereocenters. The molecule has 0 saturated heterocycles. The summed E-state index contributed by atoms with van der Waals surface area (Å²) in [5, 5.41) is 3.56. The highest BCUT2D eigenvalue weighted by Gasteiger charge is 2.28. The molecule has 0 bridgehead atoms. The van der Waals surface area contributed by atoms with Crippen LogP contribution in [-0.2, 0) is 22.6 Å². The largest absolute Gasteiger partial charge is 0.354 e. The van der Waals surface area contributed by atoms with E-state index in [-0.39, 0.29) is 18.2 Å². The summed E-state index contributed by atoms with van der Waals surface area (Å²) < 4.78 is 0. The molecule has 2 aromatic carbocycles. The van der Waals surface area contributed by atoms with E-state index in [2.05, 4.69) is 5.32 Å². The van der Waals surface area contributed by atoms with Crippen molar-refractivity contribution in [2.75, 3.05) is 6.54 Å². The Balaban J connectivity index is 2.22. The van der Waals surface area contributed by atoms with Crippen molar-refractivity contribution < 1.29 is 9.59 Å². The van der Waals surface area contributed by atoms with E-state index in [0.29, 0.717) is 24.5 Å². The maximum Gasteiger partial charge on any atom is 0.242 e. The van der Waals surface area contributed by atoms with E-state index >= 15 is 0 Å². The van der Waals surface area contributed by atoms with Crippen LogP contribution in [0.4, 0.5) is 0 Å². The van der Waals surface area contributed by atoms with E-state index in [0.717, 1.165) is 17.5 Å². The van der Waals surface area contributed by atoms with Crippen molar-refractivity contribution in [3.8, 4) is 0 Å². The first-order valence-electron chi connectivity index (χ1n) is 9.40. The summed E-state index contributed by atoms with van der Waals surface area (Å²) in [6.45, 7) is 4.96. The molecule has 0 spiro atoms. The Morgan fingerprint density at radius 2 is 1.67 bits per heavy atom. The number of rotatable bonds is 9. The van der Waals surface area contributed by atoms with Crippen LogP contribution in [-0.4, -0.2) is 29.3 Å². The number of carbonyl (C=O) groups excluding carboxylic acids is 2. The lowest BCUT2D eigenvalue weighted by molar-refractivity contribution is -0.140. The summed E-state index contributed by atoms with van der Waals surface area (Å²) in [4.78, 5) is 27.4. The second-order valence-electron chi connectivity index (χ2n) is 6.53. The molecule has 2 aromatic rings. The Bertz CT molecular complexity index is 732. The topological polar surface area (TPSA) is 49.4 Å². The predicted octanol–water partition coefficient (Wildman–Crippen LogP) is 4.22. The van der Waals surface area contributed by atoms with Crippen molar-refractivity contribution in [1.29, 1.82) is 0 Å².